The van der Waals surface area contributed by atoms with E-state index in [4.69, 9.17) is 9.84 Å². The van der Waals surface area contributed by atoms with Crippen LogP contribution in [0.15, 0.2) is 12.1 Å². The van der Waals surface area contributed by atoms with E-state index in [1.54, 1.807) is 4.90 Å². The van der Waals surface area contributed by atoms with Gasteiger partial charge >= 0.3 is 6.18 Å². The molecule has 2 N–H and O–H groups in total. The summed E-state index contributed by atoms with van der Waals surface area (Å²) in [6, 6.07) is 1.91. The molecule has 1 rings (SSSR count). The first-order valence-electron chi connectivity index (χ1n) is 6.04. The number of halogens is 3. The van der Waals surface area contributed by atoms with Crippen molar-refractivity contribution in [3.05, 3.63) is 17.7 Å². The average Bonchev–Trinajstić information content (AvgIpc) is 2.42. The van der Waals surface area contributed by atoms with Crippen LogP contribution in [0.5, 0.6) is 0 Å². The molecule has 114 valence electrons. The molecule has 0 aliphatic rings. The van der Waals surface area contributed by atoms with E-state index in [1.165, 1.54) is 14.2 Å². The van der Waals surface area contributed by atoms with Crippen LogP contribution in [0.25, 0.3) is 0 Å². The van der Waals surface area contributed by atoms with Crippen molar-refractivity contribution in [2.24, 2.45) is 0 Å². The molecule has 20 heavy (non-hydrogen) atoms. The molecule has 0 saturated heterocycles. The Balaban J connectivity index is 3.12. The number of methoxy groups -OCH3 is 1. The summed E-state index contributed by atoms with van der Waals surface area (Å²) in [4.78, 5) is 5.63. The third-order valence-corrected chi connectivity index (χ3v) is 2.65. The fourth-order valence-corrected chi connectivity index (χ4v) is 1.63. The van der Waals surface area contributed by atoms with Gasteiger partial charge in [0.15, 0.2) is 0 Å². The molecule has 0 fully saturated rings. The summed E-state index contributed by atoms with van der Waals surface area (Å²) in [6.45, 7) is 0.665. The number of aliphatic hydroxyl groups is 1. The first-order valence-corrected chi connectivity index (χ1v) is 6.04. The highest BCUT2D eigenvalue weighted by molar-refractivity contribution is 5.51. The standard InChI is InChI=1S/C12H18F3N3O2/c1-16-10-7-9(12(13,14)15)8-11(17-10)18(3-5-19)4-6-20-2/h7-8,19H,3-6H2,1-2H3,(H,16,17). The monoisotopic (exact) mass is 293 g/mol. The van der Waals surface area contributed by atoms with Crippen molar-refractivity contribution in [2.45, 2.75) is 6.18 Å². The van der Waals surface area contributed by atoms with E-state index in [0.717, 1.165) is 12.1 Å². The number of nitrogens with zero attached hydrogens (tertiary/aromatic N) is 2. The van der Waals surface area contributed by atoms with E-state index in [9.17, 15) is 13.2 Å². The molecule has 0 radical (unpaired) electrons. The Morgan fingerprint density at radius 1 is 1.35 bits per heavy atom. The van der Waals surface area contributed by atoms with Gasteiger partial charge in [0.05, 0.1) is 18.8 Å². The van der Waals surface area contributed by atoms with Crippen LogP contribution in [0, 0.1) is 0 Å². The van der Waals surface area contributed by atoms with Gasteiger partial charge in [0.2, 0.25) is 0 Å². The van der Waals surface area contributed by atoms with Gasteiger partial charge in [-0.25, -0.2) is 4.98 Å². The summed E-state index contributed by atoms with van der Waals surface area (Å²) in [7, 11) is 2.99. The second kappa shape index (κ2) is 7.30. The lowest BCUT2D eigenvalue weighted by molar-refractivity contribution is -0.137. The number of pyridine rings is 1. The molecule has 0 atom stereocenters. The molecule has 8 heteroatoms. The molecule has 0 bridgehead atoms. The number of aliphatic hydroxyl groups excluding tert-OH is 1. The highest BCUT2D eigenvalue weighted by Gasteiger charge is 2.32. The maximum Gasteiger partial charge on any atom is 0.416 e. The summed E-state index contributed by atoms with van der Waals surface area (Å²) in [5.74, 6) is 0.269. The molecule has 0 amide bonds. The summed E-state index contributed by atoms with van der Waals surface area (Å²) < 4.78 is 43.4. The van der Waals surface area contributed by atoms with E-state index < -0.39 is 11.7 Å². The minimum atomic E-state index is -4.45. The van der Waals surface area contributed by atoms with E-state index in [0.29, 0.717) is 13.2 Å². The Hall–Kier alpha value is -1.54. The van der Waals surface area contributed by atoms with Gasteiger partial charge < -0.3 is 20.1 Å². The van der Waals surface area contributed by atoms with Gasteiger partial charge in [-0.05, 0) is 12.1 Å². The van der Waals surface area contributed by atoms with Gasteiger partial charge in [-0.1, -0.05) is 0 Å². The van der Waals surface area contributed by atoms with Gasteiger partial charge in [0.25, 0.3) is 0 Å². The van der Waals surface area contributed by atoms with Crippen LogP contribution in [-0.2, 0) is 10.9 Å². The van der Waals surface area contributed by atoms with Crippen molar-refractivity contribution in [1.82, 2.24) is 4.98 Å². The van der Waals surface area contributed by atoms with E-state index in [-0.39, 0.29) is 24.8 Å². The molecule has 0 spiro atoms. The number of hydrogen-bond donors (Lipinski definition) is 2. The molecule has 0 aromatic carbocycles. The predicted octanol–water partition coefficient (Wildman–Crippen LogP) is 1.59. The van der Waals surface area contributed by atoms with Gasteiger partial charge in [-0.2, -0.15) is 13.2 Å². The first kappa shape index (κ1) is 16.5. The van der Waals surface area contributed by atoms with Crippen molar-refractivity contribution < 1.29 is 23.0 Å². The topological polar surface area (TPSA) is 57.6 Å². The summed E-state index contributed by atoms with van der Waals surface area (Å²) in [5.41, 5.74) is -0.785. The first-order chi connectivity index (χ1) is 9.42. The normalized spacial score (nSPS) is 11.5. The zero-order valence-electron chi connectivity index (χ0n) is 11.4. The van der Waals surface area contributed by atoms with Gasteiger partial charge in [-0.15, -0.1) is 0 Å². The quantitative estimate of drug-likeness (QED) is 0.799. The van der Waals surface area contributed by atoms with Crippen LogP contribution in [0.4, 0.5) is 24.8 Å². The lowest BCUT2D eigenvalue weighted by atomic mass is 10.2. The maximum atomic E-state index is 12.8. The van der Waals surface area contributed by atoms with Crippen molar-refractivity contribution in [3.8, 4) is 0 Å². The Labute approximate surface area is 115 Å². The summed E-state index contributed by atoms with van der Waals surface area (Å²) >= 11 is 0. The number of ether oxygens (including phenoxy) is 1. The van der Waals surface area contributed by atoms with Gasteiger partial charge in [0, 0.05) is 27.2 Å². The molecule has 1 aromatic heterocycles. The van der Waals surface area contributed by atoms with Crippen LogP contribution in [0.3, 0.4) is 0 Å². The van der Waals surface area contributed by atoms with Gasteiger partial charge in [0.1, 0.15) is 11.6 Å². The molecule has 5 nitrogen and oxygen atoms in total. The number of anilines is 2. The van der Waals surface area contributed by atoms with E-state index >= 15 is 0 Å². The lowest BCUT2D eigenvalue weighted by Gasteiger charge is -2.24. The fourth-order valence-electron chi connectivity index (χ4n) is 1.63. The molecule has 1 aromatic rings. The molecule has 1 heterocycles. The number of aromatic nitrogens is 1. The van der Waals surface area contributed by atoms with Crippen molar-refractivity contribution in [1.29, 1.82) is 0 Å². The van der Waals surface area contributed by atoms with Crippen LogP contribution < -0.4 is 10.2 Å². The zero-order valence-corrected chi connectivity index (χ0v) is 11.4. The number of hydrogen-bond acceptors (Lipinski definition) is 5. The Morgan fingerprint density at radius 3 is 2.55 bits per heavy atom. The average molecular weight is 293 g/mol. The molecule has 0 unspecified atom stereocenters. The van der Waals surface area contributed by atoms with Crippen molar-refractivity contribution in [3.63, 3.8) is 0 Å². The van der Waals surface area contributed by atoms with E-state index in [1.807, 2.05) is 0 Å². The Kier molecular flexibility index (Phi) is 6.03. The summed E-state index contributed by atoms with van der Waals surface area (Å²) in [6.07, 6.45) is -4.45. The third-order valence-electron chi connectivity index (χ3n) is 2.65. The van der Waals surface area contributed by atoms with Crippen LogP contribution in [0.1, 0.15) is 5.56 Å². The smallest absolute Gasteiger partial charge is 0.395 e. The fraction of sp³-hybridized carbons (Fsp3) is 0.583. The highest BCUT2D eigenvalue weighted by atomic mass is 19.4. The predicted molar refractivity (Wildman–Crippen MR) is 70.0 cm³/mol. The minimum absolute atomic E-state index is 0.121. The maximum absolute atomic E-state index is 12.8. The van der Waals surface area contributed by atoms with Crippen molar-refractivity contribution in [2.75, 3.05) is 50.7 Å². The lowest BCUT2D eigenvalue weighted by Crippen LogP contribution is -2.31. The summed E-state index contributed by atoms with van der Waals surface area (Å²) in [5, 5.41) is 11.6. The molecule has 0 saturated carbocycles. The second-order valence-corrected chi connectivity index (χ2v) is 4.05. The second-order valence-electron chi connectivity index (χ2n) is 4.05. The number of nitrogens with one attached hydrogen (secondary N) is 1. The largest absolute Gasteiger partial charge is 0.416 e. The number of rotatable bonds is 7. The van der Waals surface area contributed by atoms with Crippen LogP contribution in [-0.4, -0.2) is 50.6 Å². The Morgan fingerprint density at radius 2 is 2.05 bits per heavy atom. The Bertz CT molecular complexity index is 427. The third kappa shape index (κ3) is 4.53. The highest BCUT2D eigenvalue weighted by Crippen LogP contribution is 2.32. The van der Waals surface area contributed by atoms with Crippen molar-refractivity contribution >= 4 is 11.6 Å². The van der Waals surface area contributed by atoms with Gasteiger partial charge in [-0.3, -0.25) is 0 Å². The SMILES string of the molecule is CNc1cc(C(F)(F)F)cc(N(CCO)CCOC)n1. The molecular formula is C12H18F3N3O2. The van der Waals surface area contributed by atoms with Crippen LogP contribution in [0.2, 0.25) is 0 Å². The molecule has 0 aliphatic carbocycles. The van der Waals surface area contributed by atoms with Crippen LogP contribution >= 0.6 is 0 Å². The molecular weight excluding hydrogens is 275 g/mol. The van der Waals surface area contributed by atoms with E-state index in [2.05, 4.69) is 10.3 Å². The molecule has 0 aliphatic heterocycles. The zero-order chi connectivity index (χ0) is 15.2. The number of alkyl halides is 3. The minimum Gasteiger partial charge on any atom is -0.395 e.